The molecule has 5 nitrogen and oxygen atoms in total. The van der Waals surface area contributed by atoms with Crippen LogP contribution in [0.3, 0.4) is 0 Å². The third-order valence-corrected chi connectivity index (χ3v) is 4.48. The van der Waals surface area contributed by atoms with Crippen molar-refractivity contribution in [1.29, 1.82) is 0 Å². The van der Waals surface area contributed by atoms with Gasteiger partial charge in [0, 0.05) is 16.9 Å². The molecule has 2 rings (SSSR count). The number of rotatable bonds is 5. The number of nitrogens with zero attached hydrogens (tertiary/aromatic N) is 1. The van der Waals surface area contributed by atoms with Crippen LogP contribution in [0.1, 0.15) is 19.3 Å². The van der Waals surface area contributed by atoms with Gasteiger partial charge in [0.15, 0.2) is 0 Å². The van der Waals surface area contributed by atoms with Crippen molar-refractivity contribution in [2.24, 2.45) is 16.8 Å². The third-order valence-electron chi connectivity index (χ3n) is 3.47. The molecule has 1 saturated carbocycles. The molecule has 108 valence electrons. The van der Waals surface area contributed by atoms with Crippen molar-refractivity contribution in [2.75, 3.05) is 5.75 Å². The lowest BCUT2D eigenvalue weighted by Crippen LogP contribution is -2.43. The predicted molar refractivity (Wildman–Crippen MR) is 79.8 cm³/mol. The van der Waals surface area contributed by atoms with E-state index >= 15 is 0 Å². The number of hydrogen-bond donors (Lipinski definition) is 3. The summed E-state index contributed by atoms with van der Waals surface area (Å²) in [6.07, 6.45) is 2.72. The first kappa shape index (κ1) is 14.7. The fourth-order valence-corrected chi connectivity index (χ4v) is 3.21. The van der Waals surface area contributed by atoms with Crippen molar-refractivity contribution in [3.63, 3.8) is 0 Å². The Hall–Kier alpha value is -1.69. The van der Waals surface area contributed by atoms with E-state index in [2.05, 4.69) is 10.5 Å². The van der Waals surface area contributed by atoms with Crippen molar-refractivity contribution >= 4 is 23.5 Å². The summed E-state index contributed by atoms with van der Waals surface area (Å²) in [5.41, 5.74) is 5.65. The highest BCUT2D eigenvalue weighted by Gasteiger charge is 2.31. The van der Waals surface area contributed by atoms with Gasteiger partial charge in [0.05, 0.1) is 5.75 Å². The second kappa shape index (κ2) is 7.19. The van der Waals surface area contributed by atoms with Crippen molar-refractivity contribution < 1.29 is 10.0 Å². The number of nitrogens with one attached hydrogen (secondary N) is 1. The summed E-state index contributed by atoms with van der Waals surface area (Å²) < 4.78 is 0. The maximum atomic E-state index is 12.0. The van der Waals surface area contributed by atoms with E-state index in [4.69, 9.17) is 10.9 Å². The SMILES string of the molecule is NC(=NO)C1CCCC1NC(=O)CSc1ccccc1. The van der Waals surface area contributed by atoms with E-state index in [9.17, 15) is 4.79 Å². The van der Waals surface area contributed by atoms with Crippen LogP contribution in [-0.2, 0) is 4.79 Å². The molecule has 0 aliphatic heterocycles. The number of carbonyl (C=O) groups excluding carboxylic acids is 1. The Labute approximate surface area is 122 Å². The summed E-state index contributed by atoms with van der Waals surface area (Å²) in [5, 5.41) is 14.8. The number of benzene rings is 1. The zero-order chi connectivity index (χ0) is 14.4. The van der Waals surface area contributed by atoms with Gasteiger partial charge in [-0.3, -0.25) is 4.79 Å². The molecule has 0 bridgehead atoms. The van der Waals surface area contributed by atoms with Gasteiger partial charge >= 0.3 is 0 Å². The number of oxime groups is 1. The number of hydrogen-bond acceptors (Lipinski definition) is 4. The first-order valence-corrected chi connectivity index (χ1v) is 7.64. The molecule has 1 aliphatic rings. The highest BCUT2D eigenvalue weighted by molar-refractivity contribution is 8.00. The Morgan fingerprint density at radius 3 is 2.85 bits per heavy atom. The highest BCUT2D eigenvalue weighted by atomic mass is 32.2. The number of thioether (sulfide) groups is 1. The molecule has 1 aromatic rings. The Morgan fingerprint density at radius 1 is 1.40 bits per heavy atom. The predicted octanol–water partition coefficient (Wildman–Crippen LogP) is 1.81. The molecule has 0 saturated heterocycles. The van der Waals surface area contributed by atoms with Crippen molar-refractivity contribution in [3.05, 3.63) is 30.3 Å². The van der Waals surface area contributed by atoms with E-state index in [0.717, 1.165) is 24.2 Å². The lowest BCUT2D eigenvalue weighted by molar-refractivity contribution is -0.119. The van der Waals surface area contributed by atoms with E-state index in [1.807, 2.05) is 30.3 Å². The normalized spacial score (nSPS) is 22.7. The summed E-state index contributed by atoms with van der Waals surface area (Å²) in [6, 6.07) is 9.79. The monoisotopic (exact) mass is 293 g/mol. The van der Waals surface area contributed by atoms with Crippen LogP contribution in [0.25, 0.3) is 0 Å². The molecular weight excluding hydrogens is 274 g/mol. The van der Waals surface area contributed by atoms with Crippen LogP contribution in [-0.4, -0.2) is 28.7 Å². The lowest BCUT2D eigenvalue weighted by atomic mass is 10.0. The van der Waals surface area contributed by atoms with Gasteiger partial charge in [0.25, 0.3) is 0 Å². The van der Waals surface area contributed by atoms with Gasteiger partial charge in [0.1, 0.15) is 5.84 Å². The van der Waals surface area contributed by atoms with Gasteiger partial charge in [-0.15, -0.1) is 11.8 Å². The molecule has 1 fully saturated rings. The number of amidine groups is 1. The molecule has 4 N–H and O–H groups in total. The Bertz CT molecular complexity index is 479. The van der Waals surface area contributed by atoms with Crippen LogP contribution in [0, 0.1) is 5.92 Å². The van der Waals surface area contributed by atoms with Crippen LogP contribution in [0.4, 0.5) is 0 Å². The maximum Gasteiger partial charge on any atom is 0.230 e. The number of nitrogens with two attached hydrogens (primary N) is 1. The molecule has 2 unspecified atom stereocenters. The molecule has 2 atom stereocenters. The largest absolute Gasteiger partial charge is 0.409 e. The minimum Gasteiger partial charge on any atom is -0.409 e. The second-order valence-electron chi connectivity index (χ2n) is 4.84. The fraction of sp³-hybridized carbons (Fsp3) is 0.429. The second-order valence-corrected chi connectivity index (χ2v) is 5.89. The number of carbonyl (C=O) groups is 1. The molecule has 1 aromatic carbocycles. The first-order chi connectivity index (χ1) is 9.70. The smallest absolute Gasteiger partial charge is 0.230 e. The van der Waals surface area contributed by atoms with Crippen LogP contribution in [0.5, 0.6) is 0 Å². The third kappa shape index (κ3) is 3.90. The molecule has 0 radical (unpaired) electrons. The molecule has 0 heterocycles. The first-order valence-electron chi connectivity index (χ1n) is 6.65. The van der Waals surface area contributed by atoms with Crippen molar-refractivity contribution in [3.8, 4) is 0 Å². The standard InChI is InChI=1S/C14H19N3O2S/c15-14(17-19)11-7-4-8-12(11)16-13(18)9-20-10-5-2-1-3-6-10/h1-3,5-6,11-12,19H,4,7-9H2,(H2,15,17)(H,16,18). The van der Waals surface area contributed by atoms with Gasteiger partial charge in [-0.1, -0.05) is 29.8 Å². The molecule has 6 heteroatoms. The topological polar surface area (TPSA) is 87.7 Å². The summed E-state index contributed by atoms with van der Waals surface area (Å²) in [6.45, 7) is 0. The van der Waals surface area contributed by atoms with Gasteiger partial charge in [-0.25, -0.2) is 0 Å². The van der Waals surface area contributed by atoms with Crippen LogP contribution >= 0.6 is 11.8 Å². The summed E-state index contributed by atoms with van der Waals surface area (Å²) >= 11 is 1.50. The van der Waals surface area contributed by atoms with Gasteiger partial charge in [-0.2, -0.15) is 0 Å². The van der Waals surface area contributed by atoms with E-state index < -0.39 is 0 Å². The van der Waals surface area contributed by atoms with E-state index in [0.29, 0.717) is 5.75 Å². The molecule has 0 spiro atoms. The summed E-state index contributed by atoms with van der Waals surface area (Å²) in [7, 11) is 0. The minimum atomic E-state index is -0.0503. The zero-order valence-corrected chi connectivity index (χ0v) is 12.0. The van der Waals surface area contributed by atoms with Gasteiger partial charge < -0.3 is 16.3 Å². The Kier molecular flexibility index (Phi) is 5.29. The van der Waals surface area contributed by atoms with Gasteiger partial charge in [0.2, 0.25) is 5.91 Å². The summed E-state index contributed by atoms with van der Waals surface area (Å²) in [4.78, 5) is 13.0. The highest BCUT2D eigenvalue weighted by Crippen LogP contribution is 2.26. The van der Waals surface area contributed by atoms with E-state index in [1.54, 1.807) is 0 Å². The molecule has 0 aromatic heterocycles. The number of amides is 1. The zero-order valence-electron chi connectivity index (χ0n) is 11.2. The van der Waals surface area contributed by atoms with Crippen LogP contribution < -0.4 is 11.1 Å². The lowest BCUT2D eigenvalue weighted by Gasteiger charge is -2.19. The van der Waals surface area contributed by atoms with E-state index in [-0.39, 0.29) is 23.7 Å². The van der Waals surface area contributed by atoms with Crippen LogP contribution in [0.2, 0.25) is 0 Å². The van der Waals surface area contributed by atoms with Crippen molar-refractivity contribution in [1.82, 2.24) is 5.32 Å². The summed E-state index contributed by atoms with van der Waals surface area (Å²) in [5.74, 6) is 0.527. The maximum absolute atomic E-state index is 12.0. The quantitative estimate of drug-likeness (QED) is 0.254. The average Bonchev–Trinajstić information content (AvgIpc) is 2.93. The van der Waals surface area contributed by atoms with E-state index in [1.165, 1.54) is 11.8 Å². The molecule has 20 heavy (non-hydrogen) atoms. The van der Waals surface area contributed by atoms with Gasteiger partial charge in [-0.05, 0) is 25.0 Å². The fourth-order valence-electron chi connectivity index (χ4n) is 2.48. The molecule has 1 aliphatic carbocycles. The average molecular weight is 293 g/mol. The minimum absolute atomic E-state index is 0.0125. The Balaban J connectivity index is 1.82. The molecule has 1 amide bonds. The Morgan fingerprint density at radius 2 is 2.15 bits per heavy atom. The van der Waals surface area contributed by atoms with Crippen LogP contribution in [0.15, 0.2) is 40.4 Å². The molecular formula is C14H19N3O2S. The van der Waals surface area contributed by atoms with Crippen molar-refractivity contribution in [2.45, 2.75) is 30.2 Å².